The minimum atomic E-state index is -0.599. The molecule has 5 heteroatoms. The van der Waals surface area contributed by atoms with Gasteiger partial charge in [0, 0.05) is 25.4 Å². The first kappa shape index (κ1) is 26.0. The monoisotopic (exact) mass is 472 g/mol. The summed E-state index contributed by atoms with van der Waals surface area (Å²) in [7, 11) is 1.62. The predicted octanol–water partition coefficient (Wildman–Crippen LogP) is 5.55. The highest BCUT2D eigenvalue weighted by Crippen LogP contribution is 2.29. The first-order valence-electron chi connectivity index (χ1n) is 12.3. The van der Waals surface area contributed by atoms with Gasteiger partial charge < -0.3 is 15.0 Å². The Morgan fingerprint density at radius 2 is 1.54 bits per heavy atom. The number of carbonyl (C=O) groups excluding carboxylic acids is 2. The van der Waals surface area contributed by atoms with Crippen LogP contribution >= 0.6 is 0 Å². The van der Waals surface area contributed by atoms with Crippen molar-refractivity contribution in [2.75, 3.05) is 13.7 Å². The van der Waals surface area contributed by atoms with E-state index >= 15 is 0 Å². The average molecular weight is 473 g/mol. The standard InChI is InChI=1S/C30H36N2O3/c1-4-5-19-31-30(34)23(2)32(22-24-13-12-18-27(20-24)35-3)29(33)21-28(25-14-8-6-9-15-25)26-16-10-7-11-17-26/h6-18,20,23,28H,4-5,19,21-22H2,1-3H3,(H,31,34)/t23-/m1/s1. The van der Waals surface area contributed by atoms with Crippen molar-refractivity contribution in [1.29, 1.82) is 0 Å². The second-order valence-electron chi connectivity index (χ2n) is 8.77. The lowest BCUT2D eigenvalue weighted by Gasteiger charge is -2.30. The van der Waals surface area contributed by atoms with Crippen LogP contribution in [-0.4, -0.2) is 36.4 Å². The van der Waals surface area contributed by atoms with Gasteiger partial charge in [-0.3, -0.25) is 9.59 Å². The first-order chi connectivity index (χ1) is 17.0. The number of nitrogens with one attached hydrogen (secondary N) is 1. The zero-order valence-electron chi connectivity index (χ0n) is 20.9. The molecule has 0 aromatic heterocycles. The van der Waals surface area contributed by atoms with Crippen molar-refractivity contribution in [1.82, 2.24) is 10.2 Å². The lowest BCUT2D eigenvalue weighted by Crippen LogP contribution is -2.48. The van der Waals surface area contributed by atoms with E-state index in [9.17, 15) is 9.59 Å². The van der Waals surface area contributed by atoms with E-state index in [1.54, 1.807) is 18.9 Å². The van der Waals surface area contributed by atoms with E-state index in [-0.39, 0.29) is 24.2 Å². The summed E-state index contributed by atoms with van der Waals surface area (Å²) < 4.78 is 5.37. The van der Waals surface area contributed by atoms with E-state index in [0.717, 1.165) is 35.3 Å². The molecule has 3 aromatic rings. The summed E-state index contributed by atoms with van der Waals surface area (Å²) in [6.45, 7) is 4.83. The molecule has 0 aliphatic rings. The van der Waals surface area contributed by atoms with Gasteiger partial charge in [-0.2, -0.15) is 0 Å². The van der Waals surface area contributed by atoms with Gasteiger partial charge in [-0.15, -0.1) is 0 Å². The fourth-order valence-electron chi connectivity index (χ4n) is 4.18. The van der Waals surface area contributed by atoms with Crippen molar-refractivity contribution < 1.29 is 14.3 Å². The van der Waals surface area contributed by atoms with E-state index in [4.69, 9.17) is 4.74 Å². The molecule has 0 unspecified atom stereocenters. The van der Waals surface area contributed by atoms with Crippen LogP contribution in [0.1, 0.15) is 55.7 Å². The summed E-state index contributed by atoms with van der Waals surface area (Å²) >= 11 is 0. The summed E-state index contributed by atoms with van der Waals surface area (Å²) in [6, 6.07) is 27.2. The predicted molar refractivity (Wildman–Crippen MR) is 140 cm³/mol. The molecular weight excluding hydrogens is 436 g/mol. The van der Waals surface area contributed by atoms with Gasteiger partial charge in [0.25, 0.3) is 0 Å². The molecule has 5 nitrogen and oxygen atoms in total. The number of nitrogens with zero attached hydrogens (tertiary/aromatic N) is 1. The van der Waals surface area contributed by atoms with Crippen molar-refractivity contribution in [3.63, 3.8) is 0 Å². The molecule has 0 bridgehead atoms. The SMILES string of the molecule is CCCCNC(=O)[C@@H](C)N(Cc1cccc(OC)c1)C(=O)CC(c1ccccc1)c1ccccc1. The van der Waals surface area contributed by atoms with Gasteiger partial charge >= 0.3 is 0 Å². The molecule has 35 heavy (non-hydrogen) atoms. The molecule has 0 radical (unpaired) electrons. The minimum Gasteiger partial charge on any atom is -0.497 e. The van der Waals surface area contributed by atoms with E-state index in [2.05, 4.69) is 36.5 Å². The maximum atomic E-state index is 13.8. The van der Waals surface area contributed by atoms with Crippen LogP contribution in [-0.2, 0) is 16.1 Å². The summed E-state index contributed by atoms with van der Waals surface area (Å²) in [5.41, 5.74) is 3.07. The van der Waals surface area contributed by atoms with Gasteiger partial charge in [0.05, 0.1) is 7.11 Å². The number of benzene rings is 3. The Bertz CT molecular complexity index is 1030. The second kappa shape index (κ2) is 13.3. The lowest BCUT2D eigenvalue weighted by atomic mass is 9.88. The van der Waals surface area contributed by atoms with Crippen LogP contribution < -0.4 is 10.1 Å². The van der Waals surface area contributed by atoms with Gasteiger partial charge in [-0.05, 0) is 42.2 Å². The quantitative estimate of drug-likeness (QED) is 0.352. The number of rotatable bonds is 12. The van der Waals surface area contributed by atoms with Crippen molar-refractivity contribution in [3.05, 3.63) is 102 Å². The van der Waals surface area contributed by atoms with Gasteiger partial charge in [0.1, 0.15) is 11.8 Å². The van der Waals surface area contributed by atoms with E-state index in [1.165, 1.54) is 0 Å². The minimum absolute atomic E-state index is 0.0660. The van der Waals surface area contributed by atoms with Crippen LogP contribution in [0.2, 0.25) is 0 Å². The van der Waals surface area contributed by atoms with E-state index in [1.807, 2.05) is 60.7 Å². The highest BCUT2D eigenvalue weighted by atomic mass is 16.5. The summed E-state index contributed by atoms with van der Waals surface area (Å²) in [5.74, 6) is 0.420. The molecule has 184 valence electrons. The molecule has 0 spiro atoms. The Kier molecular flexibility index (Phi) is 9.91. The highest BCUT2D eigenvalue weighted by molar-refractivity contribution is 5.87. The summed E-state index contributed by atoms with van der Waals surface area (Å²) in [6.07, 6.45) is 2.17. The zero-order valence-corrected chi connectivity index (χ0v) is 20.9. The van der Waals surface area contributed by atoms with Gasteiger partial charge in [-0.25, -0.2) is 0 Å². The molecule has 0 saturated heterocycles. The van der Waals surface area contributed by atoms with Gasteiger partial charge in [0.15, 0.2) is 0 Å². The Labute approximate surface area is 209 Å². The second-order valence-corrected chi connectivity index (χ2v) is 8.77. The third kappa shape index (κ3) is 7.44. The maximum absolute atomic E-state index is 13.8. The fourth-order valence-corrected chi connectivity index (χ4v) is 4.18. The molecule has 3 rings (SSSR count). The molecule has 1 N–H and O–H groups in total. The molecule has 0 saturated carbocycles. The molecule has 0 fully saturated rings. The molecule has 0 aliphatic heterocycles. The number of amides is 2. The van der Waals surface area contributed by atoms with Crippen molar-refractivity contribution in [2.24, 2.45) is 0 Å². The van der Waals surface area contributed by atoms with Gasteiger partial charge in [-0.1, -0.05) is 86.1 Å². The Hall–Kier alpha value is -3.60. The third-order valence-electron chi connectivity index (χ3n) is 6.27. The van der Waals surface area contributed by atoms with Crippen LogP contribution in [0, 0.1) is 0 Å². The number of methoxy groups -OCH3 is 1. The molecule has 0 aliphatic carbocycles. The fraction of sp³-hybridized carbons (Fsp3) is 0.333. The molecule has 1 atom stereocenters. The Balaban J connectivity index is 1.89. The summed E-state index contributed by atoms with van der Waals surface area (Å²) in [4.78, 5) is 28.5. The zero-order chi connectivity index (χ0) is 25.0. The lowest BCUT2D eigenvalue weighted by molar-refractivity contribution is -0.140. The van der Waals surface area contributed by atoms with Crippen molar-refractivity contribution >= 4 is 11.8 Å². The Morgan fingerprint density at radius 1 is 0.914 bits per heavy atom. The normalized spacial score (nSPS) is 11.7. The van der Waals surface area contributed by atoms with Gasteiger partial charge in [0.2, 0.25) is 11.8 Å². The van der Waals surface area contributed by atoms with Crippen LogP contribution in [0.3, 0.4) is 0 Å². The third-order valence-corrected chi connectivity index (χ3v) is 6.27. The Morgan fingerprint density at radius 3 is 2.11 bits per heavy atom. The van der Waals surface area contributed by atoms with Crippen LogP contribution in [0.5, 0.6) is 5.75 Å². The van der Waals surface area contributed by atoms with Crippen LogP contribution in [0.25, 0.3) is 0 Å². The van der Waals surface area contributed by atoms with Crippen LogP contribution in [0.15, 0.2) is 84.9 Å². The largest absolute Gasteiger partial charge is 0.497 e. The van der Waals surface area contributed by atoms with Crippen LogP contribution in [0.4, 0.5) is 0 Å². The number of unbranched alkanes of at least 4 members (excludes halogenated alkanes) is 1. The maximum Gasteiger partial charge on any atom is 0.242 e. The molecular formula is C30H36N2O3. The van der Waals surface area contributed by atoms with E-state index < -0.39 is 6.04 Å². The molecule has 3 aromatic carbocycles. The van der Waals surface area contributed by atoms with Crippen molar-refractivity contribution in [3.8, 4) is 5.75 Å². The van der Waals surface area contributed by atoms with E-state index in [0.29, 0.717) is 13.1 Å². The molecule has 0 heterocycles. The smallest absolute Gasteiger partial charge is 0.242 e. The number of hydrogen-bond donors (Lipinski definition) is 1. The number of carbonyl (C=O) groups is 2. The summed E-state index contributed by atoms with van der Waals surface area (Å²) in [5, 5.41) is 2.99. The number of ether oxygens (including phenoxy) is 1. The number of hydrogen-bond acceptors (Lipinski definition) is 3. The average Bonchev–Trinajstić information content (AvgIpc) is 2.91. The highest BCUT2D eigenvalue weighted by Gasteiger charge is 2.29. The topological polar surface area (TPSA) is 58.6 Å². The first-order valence-corrected chi connectivity index (χ1v) is 12.3. The van der Waals surface area contributed by atoms with Crippen molar-refractivity contribution in [2.45, 2.75) is 51.6 Å². The molecule has 2 amide bonds.